The molecule has 0 fully saturated rings. The number of hydrogen-bond acceptors (Lipinski definition) is 1. The second-order valence-electron chi connectivity index (χ2n) is 7.13. The molecular weight excluding hydrogens is 232 g/mol. The van der Waals surface area contributed by atoms with Gasteiger partial charge in [0.2, 0.25) is 0 Å². The van der Waals surface area contributed by atoms with Gasteiger partial charge in [0, 0.05) is 22.4 Å². The zero-order chi connectivity index (χ0) is 14.8. The first kappa shape index (κ1) is 16.3. The minimum atomic E-state index is 0.143. The molecule has 0 saturated heterocycles. The molecule has 1 unspecified atom stereocenters. The van der Waals surface area contributed by atoms with Crippen molar-refractivity contribution in [3.8, 4) is 0 Å². The molecule has 0 aromatic carbocycles. The van der Waals surface area contributed by atoms with Crippen molar-refractivity contribution in [1.82, 2.24) is 9.97 Å². The van der Waals surface area contributed by atoms with Gasteiger partial charge in [-0.2, -0.15) is 0 Å². The van der Waals surface area contributed by atoms with Crippen molar-refractivity contribution in [2.45, 2.75) is 91.4 Å². The molecule has 0 aliphatic carbocycles. The highest BCUT2D eigenvalue weighted by Crippen LogP contribution is 2.37. The molecular formula is C17H32N2. The first-order valence-electron chi connectivity index (χ1n) is 7.80. The van der Waals surface area contributed by atoms with E-state index in [-0.39, 0.29) is 10.8 Å². The first-order valence-corrected chi connectivity index (χ1v) is 7.80. The van der Waals surface area contributed by atoms with Crippen LogP contribution in [0.4, 0.5) is 0 Å². The summed E-state index contributed by atoms with van der Waals surface area (Å²) in [5.41, 5.74) is 2.93. The van der Waals surface area contributed by atoms with Gasteiger partial charge >= 0.3 is 0 Å². The summed E-state index contributed by atoms with van der Waals surface area (Å²) in [6.45, 7) is 18.2. The molecule has 2 nitrogen and oxygen atoms in total. The summed E-state index contributed by atoms with van der Waals surface area (Å²) >= 11 is 0. The van der Waals surface area contributed by atoms with Crippen molar-refractivity contribution in [3.63, 3.8) is 0 Å². The molecule has 1 atom stereocenters. The van der Waals surface area contributed by atoms with Crippen molar-refractivity contribution in [2.75, 3.05) is 0 Å². The lowest BCUT2D eigenvalue weighted by Crippen LogP contribution is -2.25. The van der Waals surface area contributed by atoms with Crippen molar-refractivity contribution < 1.29 is 0 Å². The highest BCUT2D eigenvalue weighted by atomic mass is 15.0. The second kappa shape index (κ2) is 5.68. The van der Waals surface area contributed by atoms with Crippen LogP contribution in [0.3, 0.4) is 0 Å². The number of aromatic nitrogens is 2. The minimum absolute atomic E-state index is 0.143. The van der Waals surface area contributed by atoms with Crippen molar-refractivity contribution in [3.05, 3.63) is 17.2 Å². The van der Waals surface area contributed by atoms with Crippen LogP contribution < -0.4 is 0 Å². The molecule has 110 valence electrons. The van der Waals surface area contributed by atoms with E-state index in [4.69, 9.17) is 4.98 Å². The quantitative estimate of drug-likeness (QED) is 0.742. The molecule has 1 heterocycles. The smallest absolute Gasteiger partial charge is 0.109 e. The summed E-state index contributed by atoms with van der Waals surface area (Å²) < 4.78 is 0. The van der Waals surface area contributed by atoms with Crippen LogP contribution in [0, 0.1) is 0 Å². The zero-order valence-electron chi connectivity index (χ0n) is 14.1. The third-order valence-corrected chi connectivity index (χ3v) is 4.89. The second-order valence-corrected chi connectivity index (χ2v) is 7.13. The van der Waals surface area contributed by atoms with Gasteiger partial charge in [-0.25, -0.2) is 4.98 Å². The van der Waals surface area contributed by atoms with Crippen LogP contribution in [0.15, 0.2) is 0 Å². The Morgan fingerprint density at radius 3 is 1.95 bits per heavy atom. The third kappa shape index (κ3) is 3.21. The van der Waals surface area contributed by atoms with Crippen LogP contribution >= 0.6 is 0 Å². The van der Waals surface area contributed by atoms with E-state index in [2.05, 4.69) is 60.4 Å². The maximum absolute atomic E-state index is 4.98. The number of H-pyrrole nitrogens is 1. The predicted octanol–water partition coefficient (Wildman–Crippen LogP) is 5.30. The maximum atomic E-state index is 4.98. The molecule has 1 rings (SSSR count). The highest BCUT2D eigenvalue weighted by Gasteiger charge is 2.33. The fraction of sp³-hybridized carbons (Fsp3) is 0.824. The molecule has 0 aliphatic heterocycles. The Labute approximate surface area is 119 Å². The molecule has 0 saturated carbocycles. The standard InChI is InChI=1S/C17H32N2/c1-9-12(4)15-18-13(16(5,6)10-2)14(19-15)17(7,8)11-3/h12H,9-11H2,1-8H3,(H,18,19). The summed E-state index contributed by atoms with van der Waals surface area (Å²) in [6, 6.07) is 0. The number of nitrogens with zero attached hydrogens (tertiary/aromatic N) is 1. The molecule has 0 radical (unpaired) electrons. The Morgan fingerprint density at radius 1 is 1.00 bits per heavy atom. The average molecular weight is 264 g/mol. The van der Waals surface area contributed by atoms with E-state index in [9.17, 15) is 0 Å². The van der Waals surface area contributed by atoms with Gasteiger partial charge in [-0.15, -0.1) is 0 Å². The van der Waals surface area contributed by atoms with E-state index in [1.165, 1.54) is 11.4 Å². The number of hydrogen-bond donors (Lipinski definition) is 1. The van der Waals surface area contributed by atoms with Crippen LogP contribution in [0.2, 0.25) is 0 Å². The SMILES string of the molecule is CCC(C)c1nc(C(C)(C)CC)c(C(C)(C)CC)[nH]1. The number of aromatic amines is 1. The number of rotatable bonds is 6. The van der Waals surface area contributed by atoms with Gasteiger partial charge in [-0.05, 0) is 19.3 Å². The van der Waals surface area contributed by atoms with Crippen LogP contribution in [-0.2, 0) is 10.8 Å². The Kier molecular flexibility index (Phi) is 4.86. The van der Waals surface area contributed by atoms with Gasteiger partial charge in [0.05, 0.1) is 5.69 Å². The fourth-order valence-corrected chi connectivity index (χ4v) is 2.14. The van der Waals surface area contributed by atoms with Crippen LogP contribution in [0.5, 0.6) is 0 Å². The zero-order valence-corrected chi connectivity index (χ0v) is 14.1. The number of imidazole rings is 1. The normalized spacial score (nSPS) is 14.7. The predicted molar refractivity (Wildman–Crippen MR) is 83.9 cm³/mol. The van der Waals surface area contributed by atoms with Gasteiger partial charge in [0.25, 0.3) is 0 Å². The van der Waals surface area contributed by atoms with Crippen molar-refractivity contribution in [2.24, 2.45) is 0 Å². The summed E-state index contributed by atoms with van der Waals surface area (Å²) in [4.78, 5) is 8.64. The lowest BCUT2D eigenvalue weighted by Gasteiger charge is -2.29. The summed E-state index contributed by atoms with van der Waals surface area (Å²) in [5.74, 6) is 1.67. The Bertz CT molecular complexity index is 379. The molecule has 0 spiro atoms. The van der Waals surface area contributed by atoms with Gasteiger partial charge < -0.3 is 4.98 Å². The Morgan fingerprint density at radius 2 is 1.53 bits per heavy atom. The van der Waals surface area contributed by atoms with Crippen molar-refractivity contribution in [1.29, 1.82) is 0 Å². The lowest BCUT2D eigenvalue weighted by atomic mass is 9.77. The molecule has 2 heteroatoms. The largest absolute Gasteiger partial charge is 0.345 e. The summed E-state index contributed by atoms with van der Waals surface area (Å²) in [7, 11) is 0. The minimum Gasteiger partial charge on any atom is -0.345 e. The lowest BCUT2D eigenvalue weighted by molar-refractivity contribution is 0.441. The average Bonchev–Trinajstić information content (AvgIpc) is 2.84. The summed E-state index contributed by atoms with van der Waals surface area (Å²) in [6.07, 6.45) is 3.37. The maximum Gasteiger partial charge on any atom is 0.109 e. The topological polar surface area (TPSA) is 28.7 Å². The van der Waals surface area contributed by atoms with E-state index < -0.39 is 0 Å². The molecule has 1 aromatic heterocycles. The van der Waals surface area contributed by atoms with Gasteiger partial charge in [-0.3, -0.25) is 0 Å². The van der Waals surface area contributed by atoms with E-state index in [1.54, 1.807) is 0 Å². The monoisotopic (exact) mass is 264 g/mol. The molecule has 19 heavy (non-hydrogen) atoms. The first-order chi connectivity index (χ1) is 8.69. The van der Waals surface area contributed by atoms with Gasteiger partial charge in [-0.1, -0.05) is 55.4 Å². The van der Waals surface area contributed by atoms with E-state index in [1.807, 2.05) is 0 Å². The number of nitrogens with one attached hydrogen (secondary N) is 1. The van der Waals surface area contributed by atoms with Crippen LogP contribution in [-0.4, -0.2) is 9.97 Å². The van der Waals surface area contributed by atoms with Crippen molar-refractivity contribution >= 4 is 0 Å². The fourth-order valence-electron chi connectivity index (χ4n) is 2.14. The highest BCUT2D eigenvalue weighted by molar-refractivity contribution is 5.30. The molecule has 0 amide bonds. The van der Waals surface area contributed by atoms with Crippen LogP contribution in [0.25, 0.3) is 0 Å². The molecule has 0 aliphatic rings. The molecule has 1 aromatic rings. The van der Waals surface area contributed by atoms with E-state index in [0.29, 0.717) is 5.92 Å². The summed E-state index contributed by atoms with van der Waals surface area (Å²) in [5, 5.41) is 0. The third-order valence-electron chi connectivity index (χ3n) is 4.89. The van der Waals surface area contributed by atoms with E-state index >= 15 is 0 Å². The Balaban J connectivity index is 3.39. The van der Waals surface area contributed by atoms with E-state index in [0.717, 1.165) is 25.1 Å². The molecule has 1 N–H and O–H groups in total. The van der Waals surface area contributed by atoms with Gasteiger partial charge in [0.15, 0.2) is 0 Å². The molecule has 0 bridgehead atoms. The van der Waals surface area contributed by atoms with Crippen LogP contribution in [0.1, 0.15) is 97.8 Å². The van der Waals surface area contributed by atoms with Gasteiger partial charge in [0.1, 0.15) is 5.82 Å². The Hall–Kier alpha value is -0.790.